The number of piperidine rings is 2. The maximum atomic E-state index is 13.3. The van der Waals surface area contributed by atoms with Crippen LogP contribution in [0.1, 0.15) is 46.9 Å². The van der Waals surface area contributed by atoms with Crippen LogP contribution in [-0.2, 0) is 15.1 Å². The van der Waals surface area contributed by atoms with E-state index in [1.54, 1.807) is 4.90 Å². The highest BCUT2D eigenvalue weighted by atomic mass is 28.3. The number of pyridine rings is 1. The minimum absolute atomic E-state index is 0.0585. The highest BCUT2D eigenvalue weighted by molar-refractivity contribution is 6.90. The molecule has 3 atom stereocenters. The van der Waals surface area contributed by atoms with Gasteiger partial charge in [0.25, 0.3) is 0 Å². The summed E-state index contributed by atoms with van der Waals surface area (Å²) in [4.78, 5) is 32.3. The Balaban J connectivity index is 1.47. The van der Waals surface area contributed by atoms with Gasteiger partial charge >= 0.3 is 6.09 Å². The number of hydrogen-bond acceptors (Lipinski definition) is 4. The number of amides is 2. The summed E-state index contributed by atoms with van der Waals surface area (Å²) in [6, 6.07) is 4.27. The Kier molecular flexibility index (Phi) is 5.66. The molecule has 180 valence electrons. The number of fused-ring (bicyclic) bond motifs is 3. The summed E-state index contributed by atoms with van der Waals surface area (Å²) in [7, 11) is -1.53. The van der Waals surface area contributed by atoms with Gasteiger partial charge in [0.15, 0.2) is 0 Å². The Morgan fingerprint density at radius 1 is 1.12 bits per heavy atom. The van der Waals surface area contributed by atoms with Crippen molar-refractivity contribution in [2.24, 2.45) is 17.8 Å². The van der Waals surface area contributed by atoms with E-state index in [-0.39, 0.29) is 29.8 Å². The van der Waals surface area contributed by atoms with Crippen LogP contribution in [0.25, 0.3) is 5.52 Å². The molecule has 8 heteroatoms. The molecule has 1 N–H and O–H groups in total. The van der Waals surface area contributed by atoms with Gasteiger partial charge in [-0.05, 0) is 64.1 Å². The SMILES string of the molecule is CC(C)(C)OC(=O)N1C[C@H]2C[C@@H](C1)C2C(=O)NC(C)(C)c1ncc2c([Si](C)(C)C)cccn12. The van der Waals surface area contributed by atoms with Crippen molar-refractivity contribution in [2.75, 3.05) is 13.1 Å². The third-order valence-electron chi connectivity index (χ3n) is 6.86. The molecule has 2 aliphatic heterocycles. The molecule has 4 heterocycles. The normalized spacial score (nSPS) is 23.3. The van der Waals surface area contributed by atoms with E-state index in [0.717, 1.165) is 17.8 Å². The van der Waals surface area contributed by atoms with Gasteiger partial charge in [-0.1, -0.05) is 25.7 Å². The molecule has 0 radical (unpaired) electrons. The zero-order valence-electron chi connectivity index (χ0n) is 21.2. The molecular weight excluding hydrogens is 432 g/mol. The zero-order chi connectivity index (χ0) is 24.3. The van der Waals surface area contributed by atoms with Crippen LogP contribution in [0.4, 0.5) is 4.79 Å². The van der Waals surface area contributed by atoms with E-state index < -0.39 is 19.2 Å². The number of carbonyl (C=O) groups is 2. The second kappa shape index (κ2) is 7.86. The molecule has 1 aliphatic carbocycles. The first-order valence-corrected chi connectivity index (χ1v) is 15.4. The number of nitrogens with one attached hydrogen (secondary N) is 1. The van der Waals surface area contributed by atoms with Crippen molar-refractivity contribution in [3.8, 4) is 0 Å². The van der Waals surface area contributed by atoms with Crippen molar-refractivity contribution in [1.29, 1.82) is 0 Å². The first-order chi connectivity index (χ1) is 15.2. The van der Waals surface area contributed by atoms with Gasteiger partial charge in [0.2, 0.25) is 5.91 Å². The van der Waals surface area contributed by atoms with Crippen molar-refractivity contribution < 1.29 is 14.3 Å². The van der Waals surface area contributed by atoms with Gasteiger partial charge in [-0.3, -0.25) is 4.79 Å². The summed E-state index contributed by atoms with van der Waals surface area (Å²) in [6.07, 6.45) is 4.68. The summed E-state index contributed by atoms with van der Waals surface area (Å²) in [5, 5.41) is 4.64. The lowest BCUT2D eigenvalue weighted by molar-refractivity contribution is -0.143. The van der Waals surface area contributed by atoms with Gasteiger partial charge in [0.05, 0.1) is 25.3 Å². The lowest BCUT2D eigenvalue weighted by Crippen LogP contribution is -2.62. The molecule has 2 bridgehead atoms. The number of nitrogens with zero attached hydrogens (tertiary/aromatic N) is 3. The van der Waals surface area contributed by atoms with Crippen molar-refractivity contribution in [3.05, 3.63) is 30.4 Å². The topological polar surface area (TPSA) is 75.9 Å². The van der Waals surface area contributed by atoms with Crippen LogP contribution >= 0.6 is 0 Å². The summed E-state index contributed by atoms with van der Waals surface area (Å²) < 4.78 is 7.65. The lowest BCUT2D eigenvalue weighted by Gasteiger charge is -2.52. The molecule has 2 aromatic heterocycles. The average Bonchev–Trinajstić information content (AvgIpc) is 3.10. The van der Waals surface area contributed by atoms with Gasteiger partial charge < -0.3 is 19.4 Å². The van der Waals surface area contributed by atoms with Crippen molar-refractivity contribution >= 4 is 30.8 Å². The van der Waals surface area contributed by atoms with E-state index in [4.69, 9.17) is 9.72 Å². The number of aromatic nitrogens is 2. The molecule has 3 fully saturated rings. The smallest absolute Gasteiger partial charge is 0.410 e. The van der Waals surface area contributed by atoms with E-state index in [0.29, 0.717) is 13.1 Å². The van der Waals surface area contributed by atoms with Crippen LogP contribution in [0.3, 0.4) is 0 Å². The van der Waals surface area contributed by atoms with Crippen LogP contribution in [0.5, 0.6) is 0 Å². The fourth-order valence-electron chi connectivity index (χ4n) is 5.36. The van der Waals surface area contributed by atoms with Crippen LogP contribution in [0.15, 0.2) is 24.5 Å². The monoisotopic (exact) mass is 470 g/mol. The van der Waals surface area contributed by atoms with E-state index >= 15 is 0 Å². The molecule has 2 saturated heterocycles. The number of carbonyl (C=O) groups excluding carboxylic acids is 2. The highest BCUT2D eigenvalue weighted by Crippen LogP contribution is 2.46. The average molecular weight is 471 g/mol. The summed E-state index contributed by atoms with van der Waals surface area (Å²) in [5.74, 6) is 1.20. The van der Waals surface area contributed by atoms with Crippen LogP contribution in [0.2, 0.25) is 19.6 Å². The quantitative estimate of drug-likeness (QED) is 0.691. The first kappa shape index (κ1) is 23.8. The molecule has 0 spiro atoms. The van der Waals surface area contributed by atoms with Crippen LogP contribution < -0.4 is 10.5 Å². The predicted octanol–water partition coefficient (Wildman–Crippen LogP) is 3.73. The fraction of sp³-hybridized carbons (Fsp3) is 0.640. The standard InChI is InChI=1S/C25H38N4O3Si/c1-24(2,3)32-23(31)28-14-16-12-17(15-28)20(16)21(30)27-25(4,5)22-26-13-18-19(33(6,7)8)10-9-11-29(18)22/h9-11,13,16-17,20H,12,14-15H2,1-8H3,(H,27,30)/t16-,17+,20?. The summed E-state index contributed by atoms with van der Waals surface area (Å²) >= 11 is 0. The highest BCUT2D eigenvalue weighted by Gasteiger charge is 2.52. The first-order valence-electron chi connectivity index (χ1n) is 11.9. The lowest BCUT2D eigenvalue weighted by atomic mass is 9.61. The Morgan fingerprint density at radius 3 is 2.33 bits per heavy atom. The molecule has 33 heavy (non-hydrogen) atoms. The van der Waals surface area contributed by atoms with Gasteiger partial charge in [0.1, 0.15) is 11.4 Å². The number of imidazole rings is 1. The molecule has 1 saturated carbocycles. The maximum Gasteiger partial charge on any atom is 0.410 e. The Hall–Kier alpha value is -2.35. The molecule has 5 rings (SSSR count). The molecule has 7 nitrogen and oxygen atoms in total. The second-order valence-electron chi connectivity index (χ2n) is 12.3. The van der Waals surface area contributed by atoms with Gasteiger partial charge in [0, 0.05) is 25.2 Å². The molecular formula is C25H38N4O3Si. The van der Waals surface area contributed by atoms with Crippen molar-refractivity contribution in [3.63, 3.8) is 0 Å². The number of ether oxygens (including phenoxy) is 1. The predicted molar refractivity (Wildman–Crippen MR) is 132 cm³/mol. The third-order valence-corrected chi connectivity index (χ3v) is 8.90. The Bertz CT molecular complexity index is 1070. The Labute approximate surface area is 197 Å². The zero-order valence-corrected chi connectivity index (χ0v) is 22.2. The van der Waals surface area contributed by atoms with Crippen LogP contribution in [-0.4, -0.2) is 53.0 Å². The summed E-state index contributed by atoms with van der Waals surface area (Å²) in [5.41, 5.74) is 0.000485. The molecule has 2 aromatic rings. The van der Waals surface area contributed by atoms with Gasteiger partial charge in [-0.25, -0.2) is 9.78 Å². The molecule has 3 aliphatic rings. The van der Waals surface area contributed by atoms with E-state index in [9.17, 15) is 9.59 Å². The van der Waals surface area contributed by atoms with Gasteiger partial charge in [-0.15, -0.1) is 0 Å². The van der Waals surface area contributed by atoms with Crippen LogP contribution in [0, 0.1) is 17.8 Å². The van der Waals surface area contributed by atoms with E-state index in [1.807, 2.05) is 47.0 Å². The Morgan fingerprint density at radius 2 is 1.76 bits per heavy atom. The minimum atomic E-state index is -1.53. The molecule has 2 amide bonds. The maximum absolute atomic E-state index is 13.3. The summed E-state index contributed by atoms with van der Waals surface area (Å²) in [6.45, 7) is 17.8. The van der Waals surface area contributed by atoms with Crippen molar-refractivity contribution in [2.45, 2.75) is 71.8 Å². The van der Waals surface area contributed by atoms with Gasteiger partial charge in [-0.2, -0.15) is 0 Å². The third kappa shape index (κ3) is 4.54. The largest absolute Gasteiger partial charge is 0.444 e. The molecule has 0 aromatic carbocycles. The molecule has 1 unspecified atom stereocenters. The second-order valence-corrected chi connectivity index (χ2v) is 17.3. The fourth-order valence-corrected chi connectivity index (χ4v) is 6.91. The van der Waals surface area contributed by atoms with E-state index in [1.165, 1.54) is 5.19 Å². The van der Waals surface area contributed by atoms with E-state index in [2.05, 4.69) is 41.5 Å². The van der Waals surface area contributed by atoms with Crippen molar-refractivity contribution in [1.82, 2.24) is 19.6 Å². The number of rotatable bonds is 4. The number of hydrogen-bond donors (Lipinski definition) is 1. The minimum Gasteiger partial charge on any atom is -0.444 e.